The lowest BCUT2D eigenvalue weighted by Gasteiger charge is -2.22. The first-order valence-electron chi connectivity index (χ1n) is 6.56. The van der Waals surface area contributed by atoms with Crippen LogP contribution >= 0.6 is 0 Å². The molecule has 0 saturated heterocycles. The maximum absolute atomic E-state index is 2.28. The molecule has 1 aliphatic rings. The van der Waals surface area contributed by atoms with Crippen LogP contribution in [-0.4, -0.2) is 18.6 Å². The van der Waals surface area contributed by atoms with Crippen molar-refractivity contribution >= 4 is 5.69 Å². The number of aryl methyl sites for hydroxylation is 1. The van der Waals surface area contributed by atoms with Crippen LogP contribution in [-0.2, 0) is 0 Å². The molecule has 3 rings (SSSR count). The lowest BCUT2D eigenvalue weighted by Crippen LogP contribution is -2.22. The highest BCUT2D eigenvalue weighted by atomic mass is 15.3. The molecule has 0 radical (unpaired) electrons. The summed E-state index contributed by atoms with van der Waals surface area (Å²) in [5.41, 5.74) is 5.17. The Morgan fingerprint density at radius 1 is 0.842 bits per heavy atom. The third kappa shape index (κ3) is 2.22. The molecule has 2 aromatic carbocycles. The summed E-state index contributed by atoms with van der Waals surface area (Å²) in [7, 11) is 2.09. The van der Waals surface area contributed by atoms with Crippen molar-refractivity contribution in [2.45, 2.75) is 6.92 Å². The van der Waals surface area contributed by atoms with Crippen LogP contribution in [0.3, 0.4) is 0 Å². The van der Waals surface area contributed by atoms with E-state index in [-0.39, 0.29) is 0 Å². The van der Waals surface area contributed by atoms with Gasteiger partial charge in [-0.1, -0.05) is 42.5 Å². The van der Waals surface area contributed by atoms with Crippen molar-refractivity contribution in [3.8, 4) is 11.1 Å². The van der Waals surface area contributed by atoms with Crippen LogP contribution in [0.15, 0.2) is 60.9 Å². The quantitative estimate of drug-likeness (QED) is 0.799. The minimum absolute atomic E-state index is 0.906. The number of rotatable bonds is 2. The fourth-order valence-corrected chi connectivity index (χ4v) is 2.51. The van der Waals surface area contributed by atoms with Gasteiger partial charge in [0.05, 0.1) is 12.4 Å². The number of hydrogen-bond donors (Lipinski definition) is 0. The number of hydrogen-bond acceptors (Lipinski definition) is 2. The largest absolute Gasteiger partial charge is 0.361 e. The minimum atomic E-state index is 0.906. The van der Waals surface area contributed by atoms with Crippen LogP contribution in [0.1, 0.15) is 5.56 Å². The molecular weight excluding hydrogens is 232 g/mol. The average Bonchev–Trinajstić information content (AvgIpc) is 2.86. The maximum Gasteiger partial charge on any atom is 0.0939 e. The zero-order valence-corrected chi connectivity index (χ0v) is 11.4. The smallest absolute Gasteiger partial charge is 0.0939 e. The minimum Gasteiger partial charge on any atom is -0.361 e. The van der Waals surface area contributed by atoms with Crippen LogP contribution < -0.4 is 4.90 Å². The van der Waals surface area contributed by atoms with Crippen molar-refractivity contribution in [1.82, 2.24) is 4.90 Å². The van der Waals surface area contributed by atoms with Gasteiger partial charge in [-0.15, -0.1) is 0 Å². The predicted molar refractivity (Wildman–Crippen MR) is 80.9 cm³/mol. The summed E-state index contributed by atoms with van der Waals surface area (Å²) < 4.78 is 0. The van der Waals surface area contributed by atoms with Gasteiger partial charge in [0.15, 0.2) is 0 Å². The van der Waals surface area contributed by atoms with E-state index in [9.17, 15) is 0 Å². The lowest BCUT2D eigenvalue weighted by molar-refractivity contribution is 0.496. The van der Waals surface area contributed by atoms with Crippen LogP contribution in [0.4, 0.5) is 5.69 Å². The van der Waals surface area contributed by atoms with E-state index in [0.717, 1.165) is 6.67 Å². The topological polar surface area (TPSA) is 6.48 Å². The highest BCUT2D eigenvalue weighted by Crippen LogP contribution is 2.33. The second-order valence-corrected chi connectivity index (χ2v) is 5.00. The number of para-hydroxylation sites is 1. The summed E-state index contributed by atoms with van der Waals surface area (Å²) in [5.74, 6) is 0. The molecule has 2 heteroatoms. The molecule has 0 aromatic heterocycles. The van der Waals surface area contributed by atoms with Crippen LogP contribution in [0.2, 0.25) is 0 Å². The van der Waals surface area contributed by atoms with Gasteiger partial charge in [-0.3, -0.25) is 0 Å². The van der Waals surface area contributed by atoms with Crippen LogP contribution in [0.5, 0.6) is 0 Å². The predicted octanol–water partition coefficient (Wildman–Crippen LogP) is 3.84. The Bertz CT molecular complexity index is 616. The highest BCUT2D eigenvalue weighted by Gasteiger charge is 2.15. The van der Waals surface area contributed by atoms with Gasteiger partial charge in [0.1, 0.15) is 0 Å². The molecule has 0 spiro atoms. The van der Waals surface area contributed by atoms with Gasteiger partial charge >= 0.3 is 0 Å². The highest BCUT2D eigenvalue weighted by molar-refractivity contribution is 5.81. The molecule has 0 unspecified atom stereocenters. The maximum atomic E-state index is 2.28. The average molecular weight is 250 g/mol. The number of nitrogens with zero attached hydrogens (tertiary/aromatic N) is 2. The second-order valence-electron chi connectivity index (χ2n) is 5.00. The van der Waals surface area contributed by atoms with Crippen molar-refractivity contribution in [2.75, 3.05) is 18.6 Å². The van der Waals surface area contributed by atoms with Crippen molar-refractivity contribution in [3.63, 3.8) is 0 Å². The molecule has 0 amide bonds. The molecule has 0 N–H and O–H groups in total. The van der Waals surface area contributed by atoms with E-state index >= 15 is 0 Å². The Hall–Kier alpha value is -2.22. The molecule has 1 heterocycles. The van der Waals surface area contributed by atoms with Gasteiger partial charge in [-0.25, -0.2) is 0 Å². The summed E-state index contributed by atoms with van der Waals surface area (Å²) in [6.45, 7) is 3.07. The Morgan fingerprint density at radius 3 is 2.21 bits per heavy atom. The van der Waals surface area contributed by atoms with Crippen molar-refractivity contribution < 1.29 is 0 Å². The van der Waals surface area contributed by atoms with Crippen molar-refractivity contribution in [1.29, 1.82) is 0 Å². The monoisotopic (exact) mass is 250 g/mol. The lowest BCUT2D eigenvalue weighted by atomic mass is 9.99. The van der Waals surface area contributed by atoms with E-state index in [1.165, 1.54) is 22.4 Å². The number of benzene rings is 2. The van der Waals surface area contributed by atoms with E-state index in [0.29, 0.717) is 0 Å². The van der Waals surface area contributed by atoms with Crippen LogP contribution in [0, 0.1) is 6.92 Å². The van der Waals surface area contributed by atoms with Gasteiger partial charge in [0, 0.05) is 25.0 Å². The van der Waals surface area contributed by atoms with Gasteiger partial charge < -0.3 is 9.80 Å². The van der Waals surface area contributed by atoms with E-state index in [1.807, 2.05) is 0 Å². The molecule has 0 fully saturated rings. The molecule has 19 heavy (non-hydrogen) atoms. The summed E-state index contributed by atoms with van der Waals surface area (Å²) in [4.78, 5) is 4.45. The third-order valence-electron chi connectivity index (χ3n) is 3.53. The van der Waals surface area contributed by atoms with Crippen molar-refractivity contribution in [3.05, 3.63) is 66.5 Å². The van der Waals surface area contributed by atoms with Gasteiger partial charge in [-0.2, -0.15) is 0 Å². The first-order chi connectivity index (χ1) is 9.25. The van der Waals surface area contributed by atoms with Gasteiger partial charge in [0.2, 0.25) is 0 Å². The summed E-state index contributed by atoms with van der Waals surface area (Å²) >= 11 is 0. The molecule has 0 aliphatic carbocycles. The Labute approximate surface area is 114 Å². The Kier molecular flexibility index (Phi) is 3.00. The normalized spacial score (nSPS) is 14.2. The third-order valence-corrected chi connectivity index (χ3v) is 3.53. The zero-order chi connectivity index (χ0) is 13.2. The molecular formula is C17H18N2. The van der Waals surface area contributed by atoms with E-state index in [1.54, 1.807) is 0 Å². The van der Waals surface area contributed by atoms with E-state index < -0.39 is 0 Å². The molecule has 0 saturated carbocycles. The summed E-state index contributed by atoms with van der Waals surface area (Å²) in [6.07, 6.45) is 4.24. The number of anilines is 1. The van der Waals surface area contributed by atoms with Crippen molar-refractivity contribution in [2.24, 2.45) is 0 Å². The molecule has 1 aliphatic heterocycles. The van der Waals surface area contributed by atoms with Gasteiger partial charge in [-0.05, 0) is 24.1 Å². The van der Waals surface area contributed by atoms with Gasteiger partial charge in [0.25, 0.3) is 0 Å². The first-order valence-corrected chi connectivity index (χ1v) is 6.56. The Morgan fingerprint density at radius 2 is 1.53 bits per heavy atom. The molecule has 0 atom stereocenters. The fourth-order valence-electron chi connectivity index (χ4n) is 2.51. The van der Waals surface area contributed by atoms with Crippen LogP contribution in [0.25, 0.3) is 11.1 Å². The summed E-state index contributed by atoms with van der Waals surface area (Å²) in [5, 5.41) is 0. The SMILES string of the molecule is Cc1ccccc1-c1ccccc1N1C=CN(C)C1. The zero-order valence-electron chi connectivity index (χ0n) is 11.4. The Balaban J connectivity index is 2.08. The summed E-state index contributed by atoms with van der Waals surface area (Å²) in [6, 6.07) is 17.1. The standard InChI is InChI=1S/C17H18N2/c1-14-7-3-4-8-15(14)16-9-5-6-10-17(16)19-12-11-18(2)13-19/h3-12H,13H2,1-2H3. The first kappa shape index (κ1) is 11.8. The second kappa shape index (κ2) is 4.81. The molecule has 0 bridgehead atoms. The van der Waals surface area contributed by atoms with E-state index in [4.69, 9.17) is 0 Å². The van der Waals surface area contributed by atoms with E-state index in [2.05, 4.69) is 84.7 Å². The fraction of sp³-hybridized carbons (Fsp3) is 0.176. The molecule has 2 nitrogen and oxygen atoms in total. The molecule has 2 aromatic rings. The molecule has 96 valence electrons.